The molecule has 2 fully saturated rings. The zero-order valence-corrected chi connectivity index (χ0v) is 23.6. The standard InChI is InChI=1S/C27H32ClF2N3O6S/c1-14-7-16-9-18(11-19(14)27(16,36)12-25(34)32-13-24(31)39-2)40(37,38)23-8-15(3-5-20(23)28)26(35)33-17-4-6-21(29)22(30)10-17/h3-6,8,10,14,16,18-19,24,36H,7,9,11-13,31H2,1-2H3,(H,32,34)(H,33,35)/t14-,16?,18?,19?,24-,27+/m0/s1. The molecule has 2 amide bonds. The van der Waals surface area contributed by atoms with E-state index in [4.69, 9.17) is 22.1 Å². The molecule has 0 aliphatic heterocycles. The monoisotopic (exact) mass is 599 g/mol. The van der Waals surface area contributed by atoms with Crippen molar-refractivity contribution in [3.05, 3.63) is 58.6 Å². The average Bonchev–Trinajstić information content (AvgIpc) is 3.02. The Labute approximate surface area is 236 Å². The summed E-state index contributed by atoms with van der Waals surface area (Å²) in [5.74, 6) is -4.26. The molecule has 0 radical (unpaired) electrons. The number of methoxy groups -OCH3 is 1. The Bertz CT molecular complexity index is 1410. The van der Waals surface area contributed by atoms with Gasteiger partial charge in [0.25, 0.3) is 5.91 Å². The maximum atomic E-state index is 13.8. The fourth-order valence-corrected chi connectivity index (χ4v) is 8.39. The van der Waals surface area contributed by atoms with E-state index in [1.807, 2.05) is 6.92 Å². The first-order valence-corrected chi connectivity index (χ1v) is 14.8. The Balaban J connectivity index is 1.53. The molecule has 5 N–H and O–H groups in total. The van der Waals surface area contributed by atoms with Crippen LogP contribution in [-0.2, 0) is 19.4 Å². The number of hydrogen-bond donors (Lipinski definition) is 4. The van der Waals surface area contributed by atoms with Gasteiger partial charge >= 0.3 is 0 Å². The van der Waals surface area contributed by atoms with Crippen LogP contribution in [0.4, 0.5) is 14.5 Å². The van der Waals surface area contributed by atoms with Gasteiger partial charge in [-0.25, -0.2) is 17.2 Å². The van der Waals surface area contributed by atoms with Crippen LogP contribution in [0.2, 0.25) is 5.02 Å². The number of hydrogen-bond acceptors (Lipinski definition) is 7. The van der Waals surface area contributed by atoms with Crippen LogP contribution in [0.25, 0.3) is 0 Å². The number of anilines is 1. The molecule has 6 atom stereocenters. The minimum Gasteiger partial charge on any atom is -0.389 e. The largest absolute Gasteiger partial charge is 0.389 e. The highest BCUT2D eigenvalue weighted by Gasteiger charge is 2.59. The lowest BCUT2D eigenvalue weighted by molar-refractivity contribution is -0.133. The number of benzene rings is 2. The Kier molecular flexibility index (Phi) is 8.86. The molecule has 40 heavy (non-hydrogen) atoms. The van der Waals surface area contributed by atoms with Crippen LogP contribution >= 0.6 is 11.6 Å². The highest BCUT2D eigenvalue weighted by molar-refractivity contribution is 7.92. The number of fused-ring (bicyclic) bond motifs is 2. The topological polar surface area (TPSA) is 148 Å². The minimum atomic E-state index is -4.05. The molecule has 0 aromatic heterocycles. The Morgan fingerprint density at radius 2 is 1.90 bits per heavy atom. The van der Waals surface area contributed by atoms with Gasteiger partial charge in [0.2, 0.25) is 5.91 Å². The normalized spacial score (nSPS) is 26.8. The molecule has 2 aromatic carbocycles. The zero-order chi connectivity index (χ0) is 29.4. The van der Waals surface area contributed by atoms with Gasteiger partial charge in [-0.2, -0.15) is 0 Å². The van der Waals surface area contributed by atoms with Crippen LogP contribution in [-0.4, -0.2) is 56.1 Å². The van der Waals surface area contributed by atoms with Crippen molar-refractivity contribution < 1.29 is 36.6 Å². The predicted octanol–water partition coefficient (Wildman–Crippen LogP) is 3.25. The number of aliphatic hydroxyl groups is 1. The lowest BCUT2D eigenvalue weighted by atomic mass is 9.71. The molecule has 3 unspecified atom stereocenters. The van der Waals surface area contributed by atoms with Crippen molar-refractivity contribution in [2.75, 3.05) is 19.0 Å². The van der Waals surface area contributed by atoms with E-state index in [9.17, 15) is 31.9 Å². The number of carbonyl (C=O) groups excluding carboxylic acids is 2. The molecule has 2 saturated carbocycles. The van der Waals surface area contributed by atoms with E-state index in [0.717, 1.165) is 18.2 Å². The number of halogens is 3. The number of nitrogens with two attached hydrogens (primary N) is 1. The second kappa shape index (κ2) is 11.7. The highest BCUT2D eigenvalue weighted by atomic mass is 35.5. The van der Waals surface area contributed by atoms with E-state index in [0.29, 0.717) is 6.42 Å². The second-order valence-corrected chi connectivity index (χ2v) is 13.2. The quantitative estimate of drug-likeness (QED) is 0.323. The van der Waals surface area contributed by atoms with Gasteiger partial charge in [-0.15, -0.1) is 0 Å². The summed E-state index contributed by atoms with van der Waals surface area (Å²) in [6.07, 6.45) is -0.0806. The minimum absolute atomic E-state index is 0.00590. The summed E-state index contributed by atoms with van der Waals surface area (Å²) in [6, 6.07) is 6.63. The summed E-state index contributed by atoms with van der Waals surface area (Å²) in [4.78, 5) is 25.1. The SMILES string of the molecule is CO[C@H](N)CNC(=O)C[C@@]1(O)C2CC(S(=O)(=O)c3cc(C(=O)Nc4ccc(F)c(F)c4)ccc3Cl)CC1[C@@H](C)C2. The molecule has 2 aromatic rings. The molecule has 0 heterocycles. The van der Waals surface area contributed by atoms with E-state index in [1.165, 1.54) is 25.3 Å². The Morgan fingerprint density at radius 3 is 2.55 bits per heavy atom. The van der Waals surface area contributed by atoms with Crippen molar-refractivity contribution in [3.8, 4) is 0 Å². The van der Waals surface area contributed by atoms with Gasteiger partial charge in [0.1, 0.15) is 6.23 Å². The van der Waals surface area contributed by atoms with E-state index in [1.54, 1.807) is 0 Å². The lowest BCUT2D eigenvalue weighted by Crippen LogP contribution is -2.52. The number of amides is 2. The first kappa shape index (κ1) is 30.3. The third-order valence-corrected chi connectivity index (χ3v) is 10.8. The van der Waals surface area contributed by atoms with Crippen molar-refractivity contribution in [2.24, 2.45) is 23.5 Å². The summed E-state index contributed by atoms with van der Waals surface area (Å²) in [6.45, 7) is 2.01. The Hall–Kier alpha value is -2.64. The molecule has 2 bridgehead atoms. The molecule has 0 saturated heterocycles. The number of rotatable bonds is 9. The molecule has 2 aliphatic rings. The number of carbonyl (C=O) groups is 2. The van der Waals surface area contributed by atoms with Gasteiger partial charge in [-0.05, 0) is 67.3 Å². The van der Waals surface area contributed by atoms with Crippen molar-refractivity contribution in [1.82, 2.24) is 5.32 Å². The summed E-state index contributed by atoms with van der Waals surface area (Å²) >= 11 is 6.29. The average molecular weight is 600 g/mol. The summed E-state index contributed by atoms with van der Waals surface area (Å²) in [5, 5.41) is 15.7. The predicted molar refractivity (Wildman–Crippen MR) is 144 cm³/mol. The third kappa shape index (κ3) is 6.01. The van der Waals surface area contributed by atoms with Gasteiger partial charge in [0.15, 0.2) is 21.5 Å². The van der Waals surface area contributed by atoms with E-state index in [2.05, 4.69) is 10.6 Å². The van der Waals surface area contributed by atoms with Crippen LogP contribution in [0, 0.1) is 29.4 Å². The van der Waals surface area contributed by atoms with Crippen molar-refractivity contribution in [1.29, 1.82) is 0 Å². The lowest BCUT2D eigenvalue weighted by Gasteiger charge is -2.42. The fourth-order valence-electron chi connectivity index (χ4n) is 6.01. The molecule has 0 spiro atoms. The van der Waals surface area contributed by atoms with Gasteiger partial charge in [-0.1, -0.05) is 18.5 Å². The molecule has 218 valence electrons. The summed E-state index contributed by atoms with van der Waals surface area (Å²) < 4.78 is 59.3. The van der Waals surface area contributed by atoms with Crippen molar-refractivity contribution in [3.63, 3.8) is 0 Å². The van der Waals surface area contributed by atoms with Crippen LogP contribution < -0.4 is 16.4 Å². The van der Waals surface area contributed by atoms with Crippen LogP contribution in [0.15, 0.2) is 41.3 Å². The Morgan fingerprint density at radius 1 is 1.18 bits per heavy atom. The second-order valence-electron chi connectivity index (χ2n) is 10.6. The van der Waals surface area contributed by atoms with Crippen LogP contribution in [0.5, 0.6) is 0 Å². The number of nitrogens with one attached hydrogen (secondary N) is 2. The van der Waals surface area contributed by atoms with Crippen LogP contribution in [0.3, 0.4) is 0 Å². The van der Waals surface area contributed by atoms with Gasteiger partial charge in [0.05, 0.1) is 33.7 Å². The molecule has 4 rings (SSSR count). The zero-order valence-electron chi connectivity index (χ0n) is 22.0. The van der Waals surface area contributed by atoms with E-state index in [-0.39, 0.29) is 52.9 Å². The molecule has 13 heteroatoms. The van der Waals surface area contributed by atoms with Gasteiger partial charge < -0.3 is 26.2 Å². The molecular weight excluding hydrogens is 568 g/mol. The first-order valence-electron chi connectivity index (χ1n) is 12.8. The summed E-state index contributed by atoms with van der Waals surface area (Å²) in [5.41, 5.74) is 4.24. The molecular formula is C27H32ClF2N3O6S. The molecule has 2 aliphatic carbocycles. The number of ether oxygens (including phenoxy) is 1. The smallest absolute Gasteiger partial charge is 0.255 e. The van der Waals surface area contributed by atoms with Gasteiger partial charge in [-0.3, -0.25) is 9.59 Å². The van der Waals surface area contributed by atoms with E-state index >= 15 is 0 Å². The first-order chi connectivity index (χ1) is 18.8. The fraction of sp³-hybridized carbons (Fsp3) is 0.481. The van der Waals surface area contributed by atoms with Gasteiger partial charge in [0, 0.05) is 24.4 Å². The molecule has 9 nitrogen and oxygen atoms in total. The number of sulfone groups is 1. The van der Waals surface area contributed by atoms with Crippen molar-refractivity contribution >= 4 is 38.9 Å². The third-order valence-electron chi connectivity index (χ3n) is 8.12. The van der Waals surface area contributed by atoms with E-state index < -0.39 is 62.2 Å². The summed E-state index contributed by atoms with van der Waals surface area (Å²) in [7, 11) is -2.64. The maximum absolute atomic E-state index is 13.8. The van der Waals surface area contributed by atoms with Crippen LogP contribution in [0.1, 0.15) is 43.0 Å². The highest BCUT2D eigenvalue weighted by Crippen LogP contribution is 2.56. The van der Waals surface area contributed by atoms with Crippen molar-refractivity contribution in [2.45, 2.75) is 54.6 Å². The maximum Gasteiger partial charge on any atom is 0.255 e.